The van der Waals surface area contributed by atoms with Gasteiger partial charge < -0.3 is 14.4 Å². The van der Waals surface area contributed by atoms with Crippen molar-refractivity contribution < 1.29 is 9.84 Å². The molecule has 0 saturated heterocycles. The molecule has 0 saturated carbocycles. The first kappa shape index (κ1) is 13.5. The molecule has 21 heavy (non-hydrogen) atoms. The smallest absolute Gasteiger partial charge is 0.127 e. The number of rotatable bonds is 4. The van der Waals surface area contributed by atoms with Crippen LogP contribution in [0.2, 0.25) is 0 Å². The molecule has 1 atom stereocenters. The van der Waals surface area contributed by atoms with Crippen molar-refractivity contribution in [3.63, 3.8) is 0 Å². The van der Waals surface area contributed by atoms with Crippen molar-refractivity contribution >= 4 is 0 Å². The summed E-state index contributed by atoms with van der Waals surface area (Å²) in [5.74, 6) is 1.55. The van der Waals surface area contributed by atoms with E-state index < -0.39 is 6.10 Å². The van der Waals surface area contributed by atoms with E-state index in [1.807, 2.05) is 84.5 Å². The molecule has 0 fully saturated rings. The number of para-hydroxylation sites is 1. The summed E-state index contributed by atoms with van der Waals surface area (Å²) in [5, 5.41) is 10.4. The summed E-state index contributed by atoms with van der Waals surface area (Å²) in [6.07, 6.45) is 1.29. The minimum atomic E-state index is -0.629. The van der Waals surface area contributed by atoms with Crippen LogP contribution in [0.5, 0.6) is 11.5 Å². The third-order valence-electron chi connectivity index (χ3n) is 3.44. The highest BCUT2D eigenvalue weighted by molar-refractivity contribution is 5.35. The minimum Gasteiger partial charge on any atom is -0.457 e. The molecule has 3 heteroatoms. The van der Waals surface area contributed by atoms with Gasteiger partial charge in [0, 0.05) is 13.2 Å². The number of aromatic nitrogens is 1. The molecule has 0 bridgehead atoms. The highest BCUT2D eigenvalue weighted by Gasteiger charge is 2.12. The van der Waals surface area contributed by atoms with Gasteiger partial charge in [0.25, 0.3) is 0 Å². The van der Waals surface area contributed by atoms with E-state index in [-0.39, 0.29) is 0 Å². The van der Waals surface area contributed by atoms with Gasteiger partial charge >= 0.3 is 0 Å². The fourth-order valence-electron chi connectivity index (χ4n) is 2.27. The molecule has 1 heterocycles. The van der Waals surface area contributed by atoms with Crippen LogP contribution < -0.4 is 4.74 Å². The van der Waals surface area contributed by atoms with Gasteiger partial charge in [-0.3, -0.25) is 0 Å². The average Bonchev–Trinajstić information content (AvgIpc) is 2.94. The molecule has 0 aliphatic heterocycles. The first-order valence-corrected chi connectivity index (χ1v) is 6.86. The molecular weight excluding hydrogens is 262 g/mol. The molecule has 0 amide bonds. The molecule has 3 aromatic rings. The number of nitrogens with zero attached hydrogens (tertiary/aromatic N) is 1. The van der Waals surface area contributed by atoms with Crippen molar-refractivity contribution in [1.29, 1.82) is 0 Å². The summed E-state index contributed by atoms with van der Waals surface area (Å²) in [7, 11) is 1.92. The number of aliphatic hydroxyl groups is 1. The van der Waals surface area contributed by atoms with Crippen molar-refractivity contribution in [2.75, 3.05) is 0 Å². The average molecular weight is 279 g/mol. The van der Waals surface area contributed by atoms with Crippen molar-refractivity contribution in [2.45, 2.75) is 6.10 Å². The summed E-state index contributed by atoms with van der Waals surface area (Å²) in [6.45, 7) is 0. The Kier molecular flexibility index (Phi) is 3.75. The molecular formula is C18H17NO2. The van der Waals surface area contributed by atoms with E-state index in [0.29, 0.717) is 0 Å². The zero-order chi connectivity index (χ0) is 14.7. The number of aliphatic hydroxyl groups excluding tert-OH is 1. The molecule has 1 N–H and O–H groups in total. The highest BCUT2D eigenvalue weighted by Crippen LogP contribution is 2.26. The summed E-state index contributed by atoms with van der Waals surface area (Å²) in [4.78, 5) is 0. The Labute approximate surface area is 124 Å². The number of benzene rings is 2. The van der Waals surface area contributed by atoms with Gasteiger partial charge in [-0.25, -0.2) is 0 Å². The van der Waals surface area contributed by atoms with Gasteiger partial charge in [-0.15, -0.1) is 0 Å². The zero-order valence-corrected chi connectivity index (χ0v) is 11.8. The van der Waals surface area contributed by atoms with Crippen molar-refractivity contribution in [3.8, 4) is 11.5 Å². The van der Waals surface area contributed by atoms with Gasteiger partial charge in [0.2, 0.25) is 0 Å². The largest absolute Gasteiger partial charge is 0.457 e. The van der Waals surface area contributed by atoms with E-state index >= 15 is 0 Å². The molecule has 0 radical (unpaired) electrons. The molecule has 3 nitrogen and oxygen atoms in total. The lowest BCUT2D eigenvalue weighted by Crippen LogP contribution is -2.04. The molecule has 106 valence electrons. The van der Waals surface area contributed by atoms with Gasteiger partial charge in [-0.05, 0) is 42.0 Å². The van der Waals surface area contributed by atoms with Crippen LogP contribution in [0.25, 0.3) is 0 Å². The van der Waals surface area contributed by atoms with Crippen LogP contribution >= 0.6 is 0 Å². The normalized spacial score (nSPS) is 12.1. The summed E-state index contributed by atoms with van der Waals surface area (Å²) < 4.78 is 7.66. The lowest BCUT2D eigenvalue weighted by molar-refractivity contribution is 0.211. The van der Waals surface area contributed by atoms with Crippen molar-refractivity contribution in [3.05, 3.63) is 84.2 Å². The fourth-order valence-corrected chi connectivity index (χ4v) is 2.27. The number of hydrogen-bond donors (Lipinski definition) is 1. The van der Waals surface area contributed by atoms with Gasteiger partial charge in [-0.2, -0.15) is 0 Å². The SMILES string of the molecule is Cn1cccc1[C@@H](O)c1ccc(Oc2ccccc2)cc1. The maximum atomic E-state index is 10.4. The standard InChI is InChI=1S/C18H17NO2/c1-19-13-5-8-17(19)18(20)14-9-11-16(12-10-14)21-15-6-3-2-4-7-15/h2-13,18,20H,1H3/t18-/m0/s1. The fraction of sp³-hybridized carbons (Fsp3) is 0.111. The third kappa shape index (κ3) is 2.98. The Balaban J connectivity index is 1.77. The van der Waals surface area contributed by atoms with E-state index in [4.69, 9.17) is 4.74 Å². The predicted octanol–water partition coefficient (Wildman–Crippen LogP) is 3.90. The number of aryl methyl sites for hydroxylation is 1. The lowest BCUT2D eigenvalue weighted by Gasteiger charge is -2.13. The first-order valence-electron chi connectivity index (χ1n) is 6.86. The molecule has 0 aliphatic rings. The molecule has 0 unspecified atom stereocenters. The second-order valence-electron chi connectivity index (χ2n) is 4.93. The second kappa shape index (κ2) is 5.85. The van der Waals surface area contributed by atoms with Crippen molar-refractivity contribution in [2.24, 2.45) is 7.05 Å². The molecule has 3 rings (SSSR count). The quantitative estimate of drug-likeness (QED) is 0.786. The minimum absolute atomic E-state index is 0.629. The molecule has 1 aromatic heterocycles. The van der Waals surface area contributed by atoms with Crippen molar-refractivity contribution in [1.82, 2.24) is 4.57 Å². The Bertz CT molecular complexity index is 702. The zero-order valence-electron chi connectivity index (χ0n) is 11.8. The van der Waals surface area contributed by atoms with Crippen LogP contribution in [0.3, 0.4) is 0 Å². The monoisotopic (exact) mass is 279 g/mol. The predicted molar refractivity (Wildman–Crippen MR) is 82.4 cm³/mol. The van der Waals surface area contributed by atoms with Gasteiger partial charge in [0.15, 0.2) is 0 Å². The maximum absolute atomic E-state index is 10.4. The van der Waals surface area contributed by atoms with Crippen LogP contribution in [0.4, 0.5) is 0 Å². The van der Waals surface area contributed by atoms with Gasteiger partial charge in [0.05, 0.1) is 5.69 Å². The van der Waals surface area contributed by atoms with E-state index in [2.05, 4.69) is 0 Å². The maximum Gasteiger partial charge on any atom is 0.127 e. The second-order valence-corrected chi connectivity index (χ2v) is 4.93. The van der Waals surface area contributed by atoms with Crippen LogP contribution in [0.15, 0.2) is 72.9 Å². The Morgan fingerprint density at radius 3 is 2.14 bits per heavy atom. The summed E-state index contributed by atoms with van der Waals surface area (Å²) >= 11 is 0. The Hall–Kier alpha value is -2.52. The van der Waals surface area contributed by atoms with E-state index in [9.17, 15) is 5.11 Å². The van der Waals surface area contributed by atoms with Crippen LogP contribution in [-0.4, -0.2) is 9.67 Å². The molecule has 2 aromatic carbocycles. The molecule has 0 aliphatic carbocycles. The van der Waals surface area contributed by atoms with E-state index in [1.54, 1.807) is 0 Å². The van der Waals surface area contributed by atoms with Crippen LogP contribution in [0.1, 0.15) is 17.4 Å². The summed E-state index contributed by atoms with van der Waals surface area (Å²) in [6, 6.07) is 21.0. The highest BCUT2D eigenvalue weighted by atomic mass is 16.5. The number of ether oxygens (including phenoxy) is 1. The molecule has 0 spiro atoms. The lowest BCUT2D eigenvalue weighted by atomic mass is 10.1. The Morgan fingerprint density at radius 1 is 0.857 bits per heavy atom. The summed E-state index contributed by atoms with van der Waals surface area (Å²) in [5.41, 5.74) is 1.71. The topological polar surface area (TPSA) is 34.4 Å². The van der Waals surface area contributed by atoms with Gasteiger partial charge in [0.1, 0.15) is 17.6 Å². The Morgan fingerprint density at radius 2 is 1.52 bits per heavy atom. The van der Waals surface area contributed by atoms with E-state index in [1.165, 1.54) is 0 Å². The third-order valence-corrected chi connectivity index (χ3v) is 3.44. The van der Waals surface area contributed by atoms with Crippen LogP contribution in [-0.2, 0) is 7.05 Å². The van der Waals surface area contributed by atoms with Crippen LogP contribution in [0, 0.1) is 0 Å². The van der Waals surface area contributed by atoms with E-state index in [0.717, 1.165) is 22.8 Å². The van der Waals surface area contributed by atoms with Gasteiger partial charge in [-0.1, -0.05) is 30.3 Å². The number of hydrogen-bond acceptors (Lipinski definition) is 2. The first-order chi connectivity index (χ1) is 10.2.